The molecule has 4 rings (SSSR count). The van der Waals surface area contributed by atoms with Gasteiger partial charge in [-0.25, -0.2) is 4.39 Å². The third-order valence-corrected chi connectivity index (χ3v) is 4.38. The van der Waals surface area contributed by atoms with Gasteiger partial charge < -0.3 is 10.1 Å². The average Bonchev–Trinajstić information content (AvgIpc) is 3.36. The molecule has 0 aliphatic heterocycles. The molecule has 1 aromatic heterocycles. The number of ether oxygens (including phenoxy) is 1. The van der Waals surface area contributed by atoms with E-state index < -0.39 is 11.7 Å². The number of H-pyrrole nitrogens is 1. The SMILES string of the molecule is O=C(Nc1n[nH]c2cc(OCCC3CC3)ccc12)c1ccccc1F. The van der Waals surface area contributed by atoms with Crippen LogP contribution in [-0.4, -0.2) is 22.7 Å². The topological polar surface area (TPSA) is 67.0 Å². The Kier molecular flexibility index (Phi) is 4.09. The monoisotopic (exact) mass is 339 g/mol. The number of anilines is 1. The quantitative estimate of drug-likeness (QED) is 0.709. The van der Waals surface area contributed by atoms with Gasteiger partial charge in [0.15, 0.2) is 5.82 Å². The summed E-state index contributed by atoms with van der Waals surface area (Å²) in [6, 6.07) is 11.4. The van der Waals surface area contributed by atoms with Crippen molar-refractivity contribution in [2.75, 3.05) is 11.9 Å². The van der Waals surface area contributed by atoms with E-state index in [0.717, 1.165) is 29.0 Å². The number of carbonyl (C=O) groups excluding carboxylic acids is 1. The fourth-order valence-corrected chi connectivity index (χ4v) is 2.75. The Labute approximate surface area is 144 Å². The summed E-state index contributed by atoms with van der Waals surface area (Å²) >= 11 is 0. The van der Waals surface area contributed by atoms with Crippen LogP contribution in [0.3, 0.4) is 0 Å². The minimum atomic E-state index is -0.564. The van der Waals surface area contributed by atoms with Crippen LogP contribution in [0.4, 0.5) is 10.2 Å². The van der Waals surface area contributed by atoms with Gasteiger partial charge in [0.1, 0.15) is 11.6 Å². The van der Waals surface area contributed by atoms with E-state index in [1.807, 2.05) is 18.2 Å². The highest BCUT2D eigenvalue weighted by molar-refractivity contribution is 6.08. The van der Waals surface area contributed by atoms with Crippen LogP contribution in [0.1, 0.15) is 29.6 Å². The van der Waals surface area contributed by atoms with Gasteiger partial charge in [-0.05, 0) is 36.6 Å². The lowest BCUT2D eigenvalue weighted by Gasteiger charge is -2.06. The van der Waals surface area contributed by atoms with E-state index in [-0.39, 0.29) is 5.56 Å². The molecule has 5 nitrogen and oxygen atoms in total. The van der Waals surface area contributed by atoms with Gasteiger partial charge in [-0.1, -0.05) is 25.0 Å². The number of fused-ring (bicyclic) bond motifs is 1. The van der Waals surface area contributed by atoms with Crippen LogP contribution >= 0.6 is 0 Å². The fraction of sp³-hybridized carbons (Fsp3) is 0.263. The lowest BCUT2D eigenvalue weighted by atomic mass is 10.2. The summed E-state index contributed by atoms with van der Waals surface area (Å²) in [5.74, 6) is 0.870. The van der Waals surface area contributed by atoms with E-state index in [9.17, 15) is 9.18 Å². The summed E-state index contributed by atoms with van der Waals surface area (Å²) in [6.07, 6.45) is 3.72. The van der Waals surface area contributed by atoms with Crippen LogP contribution in [0.2, 0.25) is 0 Å². The Balaban J connectivity index is 1.48. The van der Waals surface area contributed by atoms with E-state index >= 15 is 0 Å². The molecule has 6 heteroatoms. The second-order valence-corrected chi connectivity index (χ2v) is 6.29. The molecular formula is C19H18FN3O2. The Bertz CT molecular complexity index is 918. The van der Waals surface area contributed by atoms with Crippen LogP contribution in [0.25, 0.3) is 10.9 Å². The largest absolute Gasteiger partial charge is 0.494 e. The van der Waals surface area contributed by atoms with Crippen molar-refractivity contribution in [3.63, 3.8) is 0 Å². The van der Waals surface area contributed by atoms with Crippen molar-refractivity contribution in [3.05, 3.63) is 53.8 Å². The van der Waals surface area contributed by atoms with E-state index in [1.54, 1.807) is 12.1 Å². The number of rotatable bonds is 6. The molecule has 0 radical (unpaired) electrons. The minimum absolute atomic E-state index is 0.0151. The average molecular weight is 339 g/mol. The van der Waals surface area contributed by atoms with Crippen LogP contribution in [0.5, 0.6) is 5.75 Å². The molecule has 0 saturated heterocycles. The number of nitrogens with one attached hydrogen (secondary N) is 2. The molecule has 0 bridgehead atoms. The van der Waals surface area contributed by atoms with Crippen molar-refractivity contribution in [3.8, 4) is 5.75 Å². The smallest absolute Gasteiger partial charge is 0.259 e. The summed E-state index contributed by atoms with van der Waals surface area (Å²) in [6.45, 7) is 0.710. The number of nitrogens with zero attached hydrogens (tertiary/aromatic N) is 1. The second-order valence-electron chi connectivity index (χ2n) is 6.29. The number of aromatic nitrogens is 2. The lowest BCUT2D eigenvalue weighted by molar-refractivity contribution is 0.102. The summed E-state index contributed by atoms with van der Waals surface area (Å²) in [7, 11) is 0. The highest BCUT2D eigenvalue weighted by Gasteiger charge is 2.20. The molecule has 25 heavy (non-hydrogen) atoms. The summed E-state index contributed by atoms with van der Waals surface area (Å²) in [4.78, 5) is 12.2. The Morgan fingerprint density at radius 3 is 2.92 bits per heavy atom. The molecule has 2 aromatic carbocycles. The molecule has 1 saturated carbocycles. The number of hydrogen-bond donors (Lipinski definition) is 2. The standard InChI is InChI=1S/C19H18FN3O2/c20-16-4-2-1-3-14(16)19(24)21-18-15-8-7-13(11-17(15)22-23-18)25-10-9-12-5-6-12/h1-4,7-8,11-12H,5-6,9-10H2,(H2,21,22,23,24). The zero-order chi connectivity index (χ0) is 17.2. The maximum atomic E-state index is 13.7. The van der Waals surface area contributed by atoms with Gasteiger partial charge in [0.25, 0.3) is 5.91 Å². The first-order valence-electron chi connectivity index (χ1n) is 8.37. The van der Waals surface area contributed by atoms with E-state index in [2.05, 4.69) is 15.5 Å². The number of carbonyl (C=O) groups is 1. The predicted octanol–water partition coefficient (Wildman–Crippen LogP) is 4.13. The van der Waals surface area contributed by atoms with Gasteiger partial charge in [-0.3, -0.25) is 9.89 Å². The second kappa shape index (κ2) is 6.55. The Morgan fingerprint density at radius 1 is 1.28 bits per heavy atom. The van der Waals surface area contributed by atoms with Gasteiger partial charge in [0, 0.05) is 11.5 Å². The van der Waals surface area contributed by atoms with Crippen molar-refractivity contribution in [2.24, 2.45) is 5.92 Å². The molecular weight excluding hydrogens is 321 g/mol. The zero-order valence-electron chi connectivity index (χ0n) is 13.6. The van der Waals surface area contributed by atoms with Gasteiger partial charge in [-0.2, -0.15) is 5.10 Å². The molecule has 1 fully saturated rings. The Hall–Kier alpha value is -2.89. The van der Waals surface area contributed by atoms with E-state index in [0.29, 0.717) is 12.4 Å². The molecule has 0 unspecified atom stereocenters. The van der Waals surface area contributed by atoms with E-state index in [1.165, 1.54) is 25.0 Å². The van der Waals surface area contributed by atoms with Crippen LogP contribution in [0, 0.1) is 11.7 Å². The first-order chi connectivity index (χ1) is 12.2. The third-order valence-electron chi connectivity index (χ3n) is 4.38. The number of benzene rings is 2. The molecule has 1 heterocycles. The molecule has 1 amide bonds. The normalized spacial score (nSPS) is 13.8. The highest BCUT2D eigenvalue weighted by atomic mass is 19.1. The summed E-state index contributed by atoms with van der Waals surface area (Å²) < 4.78 is 19.5. The van der Waals surface area contributed by atoms with Crippen molar-refractivity contribution in [1.29, 1.82) is 0 Å². The molecule has 3 aromatic rings. The molecule has 0 spiro atoms. The summed E-state index contributed by atoms with van der Waals surface area (Å²) in [5, 5.41) is 10.4. The predicted molar refractivity (Wildman–Crippen MR) is 93.3 cm³/mol. The van der Waals surface area contributed by atoms with E-state index in [4.69, 9.17) is 4.74 Å². The van der Waals surface area contributed by atoms with Crippen LogP contribution in [-0.2, 0) is 0 Å². The number of amides is 1. The Morgan fingerprint density at radius 2 is 2.12 bits per heavy atom. The molecule has 1 aliphatic carbocycles. The van der Waals surface area contributed by atoms with Gasteiger partial charge in [0.2, 0.25) is 0 Å². The number of halogens is 1. The van der Waals surface area contributed by atoms with Crippen LogP contribution < -0.4 is 10.1 Å². The van der Waals surface area contributed by atoms with Gasteiger partial charge >= 0.3 is 0 Å². The fourth-order valence-electron chi connectivity index (χ4n) is 2.75. The maximum absolute atomic E-state index is 13.7. The maximum Gasteiger partial charge on any atom is 0.259 e. The van der Waals surface area contributed by atoms with Crippen molar-refractivity contribution < 1.29 is 13.9 Å². The van der Waals surface area contributed by atoms with Crippen LogP contribution in [0.15, 0.2) is 42.5 Å². The minimum Gasteiger partial charge on any atom is -0.494 e. The van der Waals surface area contributed by atoms with Crippen molar-refractivity contribution in [2.45, 2.75) is 19.3 Å². The number of hydrogen-bond acceptors (Lipinski definition) is 3. The highest BCUT2D eigenvalue weighted by Crippen LogP contribution is 2.32. The first kappa shape index (κ1) is 15.6. The third kappa shape index (κ3) is 3.47. The molecule has 0 atom stereocenters. The van der Waals surface area contributed by atoms with Crippen molar-refractivity contribution >= 4 is 22.6 Å². The van der Waals surface area contributed by atoms with Gasteiger partial charge in [-0.15, -0.1) is 0 Å². The molecule has 128 valence electrons. The molecule has 2 N–H and O–H groups in total. The first-order valence-corrected chi connectivity index (χ1v) is 8.37. The summed E-state index contributed by atoms with van der Waals surface area (Å²) in [5.41, 5.74) is 0.742. The van der Waals surface area contributed by atoms with Gasteiger partial charge in [0.05, 0.1) is 17.7 Å². The van der Waals surface area contributed by atoms with Crippen molar-refractivity contribution in [1.82, 2.24) is 10.2 Å². The number of aromatic amines is 1. The lowest BCUT2D eigenvalue weighted by Crippen LogP contribution is -2.14. The zero-order valence-corrected chi connectivity index (χ0v) is 13.6. The molecule has 1 aliphatic rings.